The molecule has 3 rings (SSSR count). The fourth-order valence-corrected chi connectivity index (χ4v) is 9.61. The summed E-state index contributed by atoms with van der Waals surface area (Å²) in [4.78, 5) is 88.2. The van der Waals surface area contributed by atoms with E-state index in [4.69, 9.17) is 19.5 Å². The number of aromatic nitrogens is 4. The third-order valence-electron chi connectivity index (χ3n) is 9.47. The molecule has 11 N–H and O–H groups in total. The lowest BCUT2D eigenvalue weighted by Crippen LogP contribution is -2.46. The number of hydrogen-bond donors (Lipinski definition) is 10. The number of anilines is 1. The van der Waals surface area contributed by atoms with E-state index in [1.54, 1.807) is 0 Å². The van der Waals surface area contributed by atoms with Gasteiger partial charge in [0.15, 0.2) is 22.8 Å². The number of nitrogen functional groups attached to an aromatic ring is 1. The van der Waals surface area contributed by atoms with Crippen molar-refractivity contribution in [3.63, 3.8) is 0 Å². The van der Waals surface area contributed by atoms with E-state index in [9.17, 15) is 63.0 Å². The fraction of sp³-hybridized carbons (Fsp3) is 0.714. The van der Waals surface area contributed by atoms with E-state index in [-0.39, 0.29) is 53.8 Å². The van der Waals surface area contributed by atoms with E-state index in [1.165, 1.54) is 46.0 Å². The molecule has 1 fully saturated rings. The van der Waals surface area contributed by atoms with Crippen molar-refractivity contribution < 1.29 is 85.6 Å². The first kappa shape index (κ1) is 55.6. The van der Waals surface area contributed by atoms with Crippen LogP contribution in [0, 0.1) is 5.41 Å². The maximum atomic E-state index is 12.7. The predicted molar refractivity (Wildman–Crippen MR) is 229 cm³/mol. The summed E-state index contributed by atoms with van der Waals surface area (Å²) in [6.07, 6.45) is 4.59. The van der Waals surface area contributed by atoms with Crippen LogP contribution < -0.4 is 16.4 Å². The summed E-state index contributed by atoms with van der Waals surface area (Å²) in [5.74, 6) is -1.25. The van der Waals surface area contributed by atoms with E-state index in [2.05, 4.69) is 41.3 Å². The van der Waals surface area contributed by atoms with Crippen molar-refractivity contribution in [2.75, 3.05) is 37.8 Å². The number of imidazole rings is 1. The number of ether oxygens (including phenoxy) is 1. The van der Waals surface area contributed by atoms with Gasteiger partial charge in [0.05, 0.1) is 25.6 Å². The molecule has 8 atom stereocenters. The van der Waals surface area contributed by atoms with Crippen LogP contribution in [0.2, 0.25) is 0 Å². The minimum absolute atomic E-state index is 0.0259. The molecule has 2 unspecified atom stereocenters. The van der Waals surface area contributed by atoms with Crippen LogP contribution in [-0.4, -0.2) is 134 Å². The fourth-order valence-electron chi connectivity index (χ4n) is 6.04. The van der Waals surface area contributed by atoms with Crippen molar-refractivity contribution in [3.8, 4) is 0 Å². The Kier molecular flexibility index (Phi) is 22.6. The summed E-state index contributed by atoms with van der Waals surface area (Å²) in [7, 11) is -16.4. The van der Waals surface area contributed by atoms with Gasteiger partial charge >= 0.3 is 23.5 Å². The molecule has 29 heteroatoms. The Morgan fingerprint density at radius 3 is 2.38 bits per heavy atom. The van der Waals surface area contributed by atoms with Gasteiger partial charge in [-0.05, 0) is 19.3 Å². The zero-order valence-electron chi connectivity index (χ0n) is 35.6. The SMILES string of the molecule is CCCCCCCC/C=C\C[C@H](O)CC(=O)SCCNC(=O)CCNC(=O)[C@H](O)C(C)(C)COP(=O)(O)OP(=O)(O)OC[C@H]1O[C@@H](n2cnc3c(N)ncnc32)[C@H](O)[C@@H]1OP(=O)(O)O. The number of nitrogens with two attached hydrogens (primary N) is 1. The second kappa shape index (κ2) is 26.0. The molecule has 1 aliphatic rings. The Hall–Kier alpha value is -2.74. The van der Waals surface area contributed by atoms with Crippen molar-refractivity contribution >= 4 is 69.1 Å². The number of allylic oxidation sites excluding steroid dienone is 1. The van der Waals surface area contributed by atoms with Crippen molar-refractivity contribution in [2.24, 2.45) is 5.41 Å². The highest BCUT2D eigenvalue weighted by Gasteiger charge is 2.50. The van der Waals surface area contributed by atoms with Crippen LogP contribution in [0.1, 0.15) is 91.2 Å². The first-order valence-electron chi connectivity index (χ1n) is 20.3. The molecular weight excluding hydrogens is 931 g/mol. The highest BCUT2D eigenvalue weighted by molar-refractivity contribution is 8.13. The molecule has 2 amide bonds. The summed E-state index contributed by atoms with van der Waals surface area (Å²) in [5, 5.41) is 36.4. The number of fused-ring (bicyclic) bond motifs is 1. The van der Waals surface area contributed by atoms with Gasteiger partial charge in [-0.1, -0.05) is 76.8 Å². The summed E-state index contributed by atoms with van der Waals surface area (Å²) in [6, 6.07) is 0. The van der Waals surface area contributed by atoms with Crippen LogP contribution in [0.25, 0.3) is 11.2 Å². The molecule has 0 spiro atoms. The Morgan fingerprint density at radius 1 is 0.984 bits per heavy atom. The standard InChI is InChI=1S/C35H60N7O18P3S/c1-4-5-6-7-8-9-10-11-12-13-23(43)18-26(45)64-17-16-37-25(44)14-15-38-33(48)30(47)35(2,3)20-57-63(54,55)60-62(52,53)56-19-24-29(59-61(49,50)51)28(46)34(58-24)42-22-41-27-31(36)39-21-40-32(27)42/h11-12,21-24,28-30,34,43,46-47H,4-10,13-20H2,1-3H3,(H,37,44)(H,38,48)(H,52,53)(H,54,55)(H2,36,39,40)(H2,49,50,51)/b12-11-/t23-,24+,28+,29+,30-,34+/m0/s1. The van der Waals surface area contributed by atoms with Crippen molar-refractivity contribution in [3.05, 3.63) is 24.8 Å². The molecule has 0 bridgehead atoms. The molecular formula is C35H60N7O18P3S. The number of carbonyl (C=O) groups is 3. The number of nitrogens with zero attached hydrogens (tertiary/aromatic N) is 4. The Labute approximate surface area is 373 Å². The van der Waals surface area contributed by atoms with Gasteiger partial charge < -0.3 is 56.0 Å². The topological polar surface area (TPSA) is 384 Å². The molecule has 2 aromatic heterocycles. The molecule has 364 valence electrons. The number of unbranched alkanes of at least 4 members (excludes halogenated alkanes) is 6. The maximum Gasteiger partial charge on any atom is 0.481 e. The lowest BCUT2D eigenvalue weighted by atomic mass is 9.87. The molecule has 25 nitrogen and oxygen atoms in total. The second-order valence-electron chi connectivity index (χ2n) is 15.4. The third-order valence-corrected chi connectivity index (χ3v) is 13.5. The van der Waals surface area contributed by atoms with Crippen LogP contribution in [-0.2, 0) is 50.7 Å². The Bertz CT molecular complexity index is 2010. The molecule has 1 aliphatic heterocycles. The first-order valence-corrected chi connectivity index (χ1v) is 25.8. The third kappa shape index (κ3) is 19.2. The predicted octanol–water partition coefficient (Wildman–Crippen LogP) is 2.11. The van der Waals surface area contributed by atoms with E-state index in [1.807, 2.05) is 12.2 Å². The monoisotopic (exact) mass is 991 g/mol. The number of hydrogen-bond acceptors (Lipinski definition) is 19. The number of phosphoric acid groups is 3. The van der Waals surface area contributed by atoms with Gasteiger partial charge in [-0.3, -0.25) is 32.5 Å². The van der Waals surface area contributed by atoms with Crippen LogP contribution >= 0.6 is 35.2 Å². The Morgan fingerprint density at radius 2 is 1.67 bits per heavy atom. The zero-order chi connectivity index (χ0) is 47.7. The summed E-state index contributed by atoms with van der Waals surface area (Å²) >= 11 is 0.971. The van der Waals surface area contributed by atoms with E-state index < -0.39 is 90.7 Å². The number of carbonyl (C=O) groups excluding carboxylic acids is 3. The number of rotatable bonds is 30. The summed E-state index contributed by atoms with van der Waals surface area (Å²) < 4.78 is 62.3. The highest BCUT2D eigenvalue weighted by Crippen LogP contribution is 2.61. The number of aliphatic hydroxyl groups is 3. The molecule has 2 aromatic rings. The summed E-state index contributed by atoms with van der Waals surface area (Å²) in [5.41, 5.74) is 4.24. The summed E-state index contributed by atoms with van der Waals surface area (Å²) in [6.45, 7) is 2.54. The number of phosphoric ester groups is 3. The van der Waals surface area contributed by atoms with E-state index in [0.717, 1.165) is 41.8 Å². The smallest absolute Gasteiger partial charge is 0.392 e. The lowest BCUT2D eigenvalue weighted by Gasteiger charge is -2.30. The van der Waals surface area contributed by atoms with Gasteiger partial charge in [0, 0.05) is 37.1 Å². The zero-order valence-corrected chi connectivity index (χ0v) is 39.1. The highest BCUT2D eigenvalue weighted by atomic mass is 32.2. The van der Waals surface area contributed by atoms with Crippen LogP contribution in [0.4, 0.5) is 5.82 Å². The van der Waals surface area contributed by atoms with E-state index >= 15 is 0 Å². The number of nitrogens with one attached hydrogen (secondary N) is 2. The van der Waals surface area contributed by atoms with E-state index in [0.29, 0.717) is 6.42 Å². The van der Waals surface area contributed by atoms with Gasteiger partial charge in [-0.2, -0.15) is 4.31 Å². The van der Waals surface area contributed by atoms with Gasteiger partial charge in [0.2, 0.25) is 11.8 Å². The quantitative estimate of drug-likeness (QED) is 0.0304. The molecule has 0 aromatic carbocycles. The normalized spacial score (nSPS) is 21.1. The maximum absolute atomic E-state index is 12.7. The molecule has 0 aliphatic carbocycles. The van der Waals surface area contributed by atoms with Gasteiger partial charge in [0.25, 0.3) is 0 Å². The molecule has 1 saturated heterocycles. The largest absolute Gasteiger partial charge is 0.481 e. The number of amides is 2. The average Bonchev–Trinajstić information content (AvgIpc) is 3.76. The molecule has 0 radical (unpaired) electrons. The second-order valence-corrected chi connectivity index (χ2v) is 20.8. The van der Waals surface area contributed by atoms with Gasteiger partial charge in [-0.15, -0.1) is 0 Å². The lowest BCUT2D eigenvalue weighted by molar-refractivity contribution is -0.137. The first-order chi connectivity index (χ1) is 29.9. The minimum Gasteiger partial charge on any atom is -0.392 e. The van der Waals surface area contributed by atoms with Crippen molar-refractivity contribution in [1.29, 1.82) is 0 Å². The minimum atomic E-state index is -5.59. The van der Waals surface area contributed by atoms with Crippen LogP contribution in [0.3, 0.4) is 0 Å². The Balaban J connectivity index is 1.37. The van der Waals surface area contributed by atoms with Crippen LogP contribution in [0.15, 0.2) is 24.8 Å². The number of thioether (sulfide) groups is 1. The van der Waals surface area contributed by atoms with Gasteiger partial charge in [-0.25, -0.2) is 28.6 Å². The number of aliphatic hydroxyl groups excluding tert-OH is 3. The average molecular weight is 992 g/mol. The van der Waals surface area contributed by atoms with Crippen LogP contribution in [0.5, 0.6) is 0 Å². The van der Waals surface area contributed by atoms with Crippen molar-refractivity contribution in [2.45, 2.75) is 122 Å². The molecule has 0 saturated carbocycles. The molecule has 64 heavy (non-hydrogen) atoms. The van der Waals surface area contributed by atoms with Crippen molar-refractivity contribution in [1.82, 2.24) is 30.2 Å². The molecule has 3 heterocycles. The van der Waals surface area contributed by atoms with Gasteiger partial charge in [0.1, 0.15) is 36.3 Å².